The van der Waals surface area contributed by atoms with Crippen LogP contribution in [-0.2, 0) is 18.7 Å². The zero-order chi connectivity index (χ0) is 14.2. The zero-order valence-electron chi connectivity index (χ0n) is 11.1. The third kappa shape index (κ3) is 4.77. The van der Waals surface area contributed by atoms with Crippen LogP contribution in [0.15, 0.2) is 10.3 Å². The Morgan fingerprint density at radius 2 is 1.75 bits per heavy atom. The second kappa shape index (κ2) is 8.67. The van der Waals surface area contributed by atoms with Gasteiger partial charge in [0, 0.05) is 13.0 Å². The van der Waals surface area contributed by atoms with Crippen molar-refractivity contribution < 1.29 is 18.7 Å². The number of hydrogen-bond donors (Lipinski definition) is 0. The lowest BCUT2D eigenvalue weighted by Crippen LogP contribution is -2.33. The quantitative estimate of drug-likeness (QED) is 0.575. The molecule has 2 aliphatic heterocycles. The minimum atomic E-state index is -0.344. The molecular weight excluding hydrogens is 307 g/mol. The predicted molar refractivity (Wildman–Crippen MR) is 75.9 cm³/mol. The molecule has 0 saturated carbocycles. The normalized spacial score (nSPS) is 29.1. The monoisotopic (exact) mass is 324 g/mol. The van der Waals surface area contributed by atoms with Crippen molar-refractivity contribution in [2.45, 2.75) is 50.9 Å². The van der Waals surface area contributed by atoms with E-state index in [0.717, 1.165) is 38.5 Å². The molecule has 0 aromatic heterocycles. The Kier molecular flexibility index (Phi) is 6.86. The van der Waals surface area contributed by atoms with Crippen molar-refractivity contribution >= 4 is 34.3 Å². The van der Waals surface area contributed by atoms with E-state index in [1.807, 2.05) is 0 Å². The van der Waals surface area contributed by atoms with Crippen LogP contribution in [0.1, 0.15) is 38.5 Å². The van der Waals surface area contributed by atoms with E-state index in [9.17, 15) is 0 Å². The van der Waals surface area contributed by atoms with Crippen LogP contribution >= 0.6 is 23.5 Å². The first-order valence-corrected chi connectivity index (χ1v) is 7.48. The molecule has 114 valence electrons. The molecule has 6 nitrogen and oxygen atoms in total. The van der Waals surface area contributed by atoms with E-state index >= 15 is 0 Å². The molecule has 2 heterocycles. The van der Waals surface area contributed by atoms with Crippen LogP contribution in [0.3, 0.4) is 0 Å². The van der Waals surface area contributed by atoms with Crippen LogP contribution in [-0.4, -0.2) is 36.5 Å². The molecule has 2 aliphatic rings. The Balaban J connectivity index is 2.01. The second-order valence-corrected chi connectivity index (χ2v) is 5.18. The summed E-state index contributed by atoms with van der Waals surface area (Å²) >= 11 is 11.1. The average Bonchev–Trinajstić information content (AvgIpc) is 2.50. The third-order valence-corrected chi connectivity index (χ3v) is 3.55. The maximum Gasteiger partial charge on any atom is 0.226 e. The molecule has 0 spiro atoms. The molecule has 0 amide bonds. The van der Waals surface area contributed by atoms with Crippen LogP contribution in [0.2, 0.25) is 0 Å². The minimum absolute atomic E-state index is 0.0303. The minimum Gasteiger partial charge on any atom is -0.372 e. The van der Waals surface area contributed by atoms with Crippen LogP contribution < -0.4 is 0 Å². The van der Waals surface area contributed by atoms with Crippen molar-refractivity contribution in [3.05, 3.63) is 0 Å². The van der Waals surface area contributed by atoms with Gasteiger partial charge in [0.2, 0.25) is 6.29 Å². The first-order chi connectivity index (χ1) is 9.81. The van der Waals surface area contributed by atoms with Crippen molar-refractivity contribution in [2.75, 3.05) is 13.2 Å². The number of oxime groups is 2. The van der Waals surface area contributed by atoms with Gasteiger partial charge in [-0.25, -0.2) is 0 Å². The van der Waals surface area contributed by atoms with Crippen LogP contribution in [0.25, 0.3) is 0 Å². The molecule has 2 unspecified atom stereocenters. The van der Waals surface area contributed by atoms with Crippen molar-refractivity contribution in [3.8, 4) is 0 Å². The summed E-state index contributed by atoms with van der Waals surface area (Å²) in [7, 11) is 0. The first-order valence-electron chi connectivity index (χ1n) is 6.80. The molecule has 2 atom stereocenters. The molecule has 0 aromatic carbocycles. The Hall–Kier alpha value is -0.560. The van der Waals surface area contributed by atoms with Gasteiger partial charge in [0.15, 0.2) is 17.0 Å². The Morgan fingerprint density at radius 3 is 2.35 bits per heavy atom. The lowest BCUT2D eigenvalue weighted by Gasteiger charge is -2.24. The summed E-state index contributed by atoms with van der Waals surface area (Å²) in [5.41, 5.74) is 0.390. The highest BCUT2D eigenvalue weighted by molar-refractivity contribution is 6.84. The molecule has 0 bridgehead atoms. The zero-order valence-corrected chi connectivity index (χ0v) is 12.6. The second-order valence-electron chi connectivity index (χ2n) is 4.68. The lowest BCUT2D eigenvalue weighted by molar-refractivity contribution is -0.162. The van der Waals surface area contributed by atoms with Gasteiger partial charge in [0.25, 0.3) is 0 Å². The number of hydrogen-bond acceptors (Lipinski definition) is 6. The largest absolute Gasteiger partial charge is 0.372 e. The number of nitrogens with zero attached hydrogens (tertiary/aromatic N) is 2. The summed E-state index contributed by atoms with van der Waals surface area (Å²) in [5, 5.41) is 7.56. The summed E-state index contributed by atoms with van der Waals surface area (Å²) in [6.07, 6.45) is 5.18. The van der Waals surface area contributed by atoms with Gasteiger partial charge in [-0.05, 0) is 37.3 Å². The standard InChI is InChI=1S/C12H18Cl2N2O4/c13-12(16-20-14)11(9-5-1-3-7-17-9)15-19-10-6-2-4-8-18-10/h9-10H,1-8H2. The van der Waals surface area contributed by atoms with E-state index in [2.05, 4.69) is 14.7 Å². The van der Waals surface area contributed by atoms with Gasteiger partial charge in [0.05, 0.1) is 6.61 Å². The highest BCUT2D eigenvalue weighted by Crippen LogP contribution is 2.18. The molecule has 8 heteroatoms. The summed E-state index contributed by atoms with van der Waals surface area (Å²) in [5.74, 6) is 0. The van der Waals surface area contributed by atoms with Crippen molar-refractivity contribution in [3.63, 3.8) is 0 Å². The van der Waals surface area contributed by atoms with E-state index in [-0.39, 0.29) is 17.6 Å². The van der Waals surface area contributed by atoms with Crippen LogP contribution in [0, 0.1) is 0 Å². The van der Waals surface area contributed by atoms with Gasteiger partial charge in [-0.15, -0.1) is 0 Å². The molecule has 0 radical (unpaired) electrons. The summed E-state index contributed by atoms with van der Waals surface area (Å²) in [6, 6.07) is 0. The van der Waals surface area contributed by atoms with E-state index in [1.54, 1.807) is 0 Å². The maximum absolute atomic E-state index is 6.01. The van der Waals surface area contributed by atoms with Gasteiger partial charge in [0.1, 0.15) is 11.8 Å². The fourth-order valence-electron chi connectivity index (χ4n) is 2.17. The Bertz CT molecular complexity index is 353. The van der Waals surface area contributed by atoms with Gasteiger partial charge >= 0.3 is 0 Å². The first kappa shape index (κ1) is 15.8. The highest BCUT2D eigenvalue weighted by atomic mass is 35.5. The Labute approximate surface area is 128 Å². The topological polar surface area (TPSA) is 61.6 Å². The van der Waals surface area contributed by atoms with Gasteiger partial charge in [-0.2, -0.15) is 0 Å². The van der Waals surface area contributed by atoms with Crippen molar-refractivity contribution in [1.82, 2.24) is 0 Å². The number of rotatable bonds is 5. The van der Waals surface area contributed by atoms with E-state index < -0.39 is 0 Å². The molecule has 0 aliphatic carbocycles. The van der Waals surface area contributed by atoms with E-state index in [4.69, 9.17) is 37.8 Å². The number of halogens is 2. The average molecular weight is 325 g/mol. The molecule has 0 N–H and O–H groups in total. The van der Waals surface area contributed by atoms with E-state index in [1.165, 1.54) is 0 Å². The fraction of sp³-hybridized carbons (Fsp3) is 0.833. The molecule has 0 aromatic rings. The van der Waals surface area contributed by atoms with Gasteiger partial charge in [-0.1, -0.05) is 16.8 Å². The van der Waals surface area contributed by atoms with Gasteiger partial charge < -0.3 is 14.3 Å². The maximum atomic E-state index is 6.01. The van der Waals surface area contributed by atoms with Crippen molar-refractivity contribution in [1.29, 1.82) is 0 Å². The summed E-state index contributed by atoms with van der Waals surface area (Å²) < 4.78 is 15.2. The van der Waals surface area contributed by atoms with Crippen molar-refractivity contribution in [2.24, 2.45) is 10.3 Å². The molecular formula is C12H18Cl2N2O4. The van der Waals surface area contributed by atoms with Crippen LogP contribution in [0.5, 0.6) is 0 Å². The molecule has 2 saturated heterocycles. The smallest absolute Gasteiger partial charge is 0.226 e. The molecule has 20 heavy (non-hydrogen) atoms. The van der Waals surface area contributed by atoms with Crippen LogP contribution in [0.4, 0.5) is 0 Å². The SMILES string of the molecule is ClON=C(Cl)C(=NOC1CCCCO1)C1CCCCO1. The predicted octanol–water partition coefficient (Wildman–Crippen LogP) is 3.18. The molecule has 2 rings (SSSR count). The highest BCUT2D eigenvalue weighted by Gasteiger charge is 2.26. The number of ether oxygens (including phenoxy) is 2. The third-order valence-electron chi connectivity index (χ3n) is 3.22. The van der Waals surface area contributed by atoms with E-state index in [0.29, 0.717) is 18.9 Å². The fourth-order valence-corrected chi connectivity index (χ4v) is 2.47. The summed E-state index contributed by atoms with van der Waals surface area (Å²) in [4.78, 5) is 5.39. The molecule has 2 fully saturated rings. The summed E-state index contributed by atoms with van der Waals surface area (Å²) in [6.45, 7) is 1.34. The lowest BCUT2D eigenvalue weighted by atomic mass is 10.1. The Morgan fingerprint density at radius 1 is 1.00 bits per heavy atom. The van der Waals surface area contributed by atoms with Gasteiger partial charge in [-0.3, -0.25) is 4.39 Å².